The van der Waals surface area contributed by atoms with Crippen molar-refractivity contribution in [3.05, 3.63) is 54.4 Å². The molecule has 0 saturated heterocycles. The van der Waals surface area contributed by atoms with Crippen molar-refractivity contribution < 1.29 is 13.5 Å². The van der Waals surface area contributed by atoms with E-state index >= 15 is 0 Å². The number of nitrogens with one attached hydrogen (secondary N) is 2. The average molecular weight is 336 g/mol. The maximum Gasteiger partial charge on any atom is 0.191 e. The van der Waals surface area contributed by atoms with Crippen LogP contribution in [0.1, 0.15) is 6.92 Å². The summed E-state index contributed by atoms with van der Waals surface area (Å²) in [6.45, 7) is 4.84. The first-order valence-electron chi connectivity index (χ1n) is 7.90. The van der Waals surface area contributed by atoms with Crippen molar-refractivity contribution in [2.24, 2.45) is 4.99 Å². The van der Waals surface area contributed by atoms with Crippen LogP contribution in [-0.2, 0) is 6.54 Å². The van der Waals surface area contributed by atoms with Crippen LogP contribution in [0.5, 0.6) is 5.75 Å². The molecule has 2 rings (SSSR count). The quantitative estimate of drug-likeness (QED) is 0.442. The molecular weight excluding hydrogens is 314 g/mol. The van der Waals surface area contributed by atoms with Crippen molar-refractivity contribution in [3.8, 4) is 5.75 Å². The number of guanidine groups is 1. The van der Waals surface area contributed by atoms with E-state index in [-0.39, 0.29) is 12.4 Å². The molecule has 0 saturated carbocycles. The van der Waals surface area contributed by atoms with Crippen molar-refractivity contribution in [2.45, 2.75) is 13.5 Å². The third-order valence-corrected chi connectivity index (χ3v) is 3.18. The number of ether oxygens (including phenoxy) is 1. The van der Waals surface area contributed by atoms with E-state index in [2.05, 4.69) is 15.6 Å². The molecule has 0 bridgehead atoms. The Balaban J connectivity index is 1.74. The van der Waals surface area contributed by atoms with Crippen molar-refractivity contribution in [1.82, 2.24) is 15.2 Å². The number of aromatic nitrogens is 1. The van der Waals surface area contributed by atoms with Crippen LogP contribution in [0, 0.1) is 11.6 Å². The molecule has 1 heterocycles. The van der Waals surface area contributed by atoms with Crippen LogP contribution in [0.25, 0.3) is 0 Å². The fraction of sp³-hybridized carbons (Fsp3) is 0.353. The number of benzene rings is 1. The normalized spacial score (nSPS) is 11.4. The van der Waals surface area contributed by atoms with E-state index in [0.717, 1.165) is 19.2 Å². The molecule has 130 valence electrons. The predicted molar refractivity (Wildman–Crippen MR) is 90.3 cm³/mol. The van der Waals surface area contributed by atoms with E-state index < -0.39 is 11.6 Å². The molecule has 0 unspecified atom stereocenters. The van der Waals surface area contributed by atoms with Gasteiger partial charge in [0.2, 0.25) is 0 Å². The highest BCUT2D eigenvalue weighted by molar-refractivity contribution is 5.79. The van der Waals surface area contributed by atoms with Crippen LogP contribution in [0.3, 0.4) is 0 Å². The van der Waals surface area contributed by atoms with Gasteiger partial charge in [-0.3, -0.25) is 4.99 Å². The number of aliphatic imine (C=N–C) groups is 1. The Morgan fingerprint density at radius 3 is 2.71 bits per heavy atom. The first-order valence-corrected chi connectivity index (χ1v) is 7.90. The monoisotopic (exact) mass is 336 g/mol. The summed E-state index contributed by atoms with van der Waals surface area (Å²) in [5, 5.41) is 6.24. The Morgan fingerprint density at radius 2 is 2.00 bits per heavy atom. The molecule has 1 aromatic carbocycles. The molecule has 0 aliphatic rings. The molecule has 0 amide bonds. The van der Waals surface area contributed by atoms with E-state index in [1.54, 1.807) is 0 Å². The first kappa shape index (κ1) is 17.8. The summed E-state index contributed by atoms with van der Waals surface area (Å²) in [7, 11) is 0. The van der Waals surface area contributed by atoms with Gasteiger partial charge in [0.15, 0.2) is 17.5 Å². The van der Waals surface area contributed by atoms with E-state index in [1.165, 1.54) is 12.1 Å². The molecular formula is C17H22F2N4O. The molecule has 7 heteroatoms. The number of rotatable bonds is 8. The summed E-state index contributed by atoms with van der Waals surface area (Å²) in [5.41, 5.74) is 0. The standard InChI is InChI=1S/C17H22F2N4O/c1-2-20-17(21-7-11-23-9-3-4-10-23)22-8-12-24-16-6-5-14(18)13-15(16)19/h3-6,9-10,13H,2,7-8,11-12H2,1H3,(H2,20,21,22). The fourth-order valence-corrected chi connectivity index (χ4v) is 2.06. The summed E-state index contributed by atoms with van der Waals surface area (Å²) < 4.78 is 33.6. The van der Waals surface area contributed by atoms with Gasteiger partial charge in [-0.25, -0.2) is 8.78 Å². The lowest BCUT2D eigenvalue weighted by Gasteiger charge is -2.12. The Bertz CT molecular complexity index is 644. The van der Waals surface area contributed by atoms with Gasteiger partial charge in [0.25, 0.3) is 0 Å². The zero-order valence-electron chi connectivity index (χ0n) is 13.6. The molecule has 24 heavy (non-hydrogen) atoms. The molecule has 0 fully saturated rings. The summed E-state index contributed by atoms with van der Waals surface area (Å²) in [5.74, 6) is -0.620. The number of nitrogens with zero attached hydrogens (tertiary/aromatic N) is 2. The largest absolute Gasteiger partial charge is 0.489 e. The molecule has 2 aromatic rings. The third kappa shape index (κ3) is 5.91. The topological polar surface area (TPSA) is 50.6 Å². The fourth-order valence-electron chi connectivity index (χ4n) is 2.06. The molecule has 1 aromatic heterocycles. The SMILES string of the molecule is CCNC(=NCCn1cccc1)NCCOc1ccc(F)cc1F. The molecule has 0 aliphatic carbocycles. The minimum absolute atomic E-state index is 0.0350. The van der Waals surface area contributed by atoms with Crippen LogP contribution in [-0.4, -0.2) is 36.8 Å². The Hall–Kier alpha value is -2.57. The highest BCUT2D eigenvalue weighted by Gasteiger charge is 2.04. The highest BCUT2D eigenvalue weighted by Crippen LogP contribution is 2.17. The number of hydrogen-bond donors (Lipinski definition) is 2. The minimum atomic E-state index is -0.706. The summed E-state index contributed by atoms with van der Waals surface area (Å²) in [6.07, 6.45) is 3.97. The van der Waals surface area contributed by atoms with Gasteiger partial charge in [-0.05, 0) is 31.2 Å². The van der Waals surface area contributed by atoms with Crippen LogP contribution < -0.4 is 15.4 Å². The van der Waals surface area contributed by atoms with Gasteiger partial charge in [0, 0.05) is 31.5 Å². The van der Waals surface area contributed by atoms with E-state index in [0.29, 0.717) is 19.0 Å². The molecule has 0 aliphatic heterocycles. The first-order chi connectivity index (χ1) is 11.7. The van der Waals surface area contributed by atoms with Crippen molar-refractivity contribution in [3.63, 3.8) is 0 Å². The second kappa shape index (κ2) is 9.54. The van der Waals surface area contributed by atoms with Crippen LogP contribution >= 0.6 is 0 Å². The predicted octanol–water partition coefficient (Wildman–Crippen LogP) is 2.40. The lowest BCUT2D eigenvalue weighted by atomic mass is 10.3. The lowest BCUT2D eigenvalue weighted by Crippen LogP contribution is -2.39. The van der Waals surface area contributed by atoms with Gasteiger partial charge in [-0.1, -0.05) is 0 Å². The molecule has 5 nitrogen and oxygen atoms in total. The van der Waals surface area contributed by atoms with Crippen LogP contribution in [0.4, 0.5) is 8.78 Å². The number of hydrogen-bond acceptors (Lipinski definition) is 2. The highest BCUT2D eigenvalue weighted by atomic mass is 19.1. The average Bonchev–Trinajstić information content (AvgIpc) is 3.06. The summed E-state index contributed by atoms with van der Waals surface area (Å²) >= 11 is 0. The van der Waals surface area contributed by atoms with Crippen molar-refractivity contribution >= 4 is 5.96 Å². The molecule has 0 spiro atoms. The van der Waals surface area contributed by atoms with E-state index in [1.807, 2.05) is 36.0 Å². The smallest absolute Gasteiger partial charge is 0.191 e. The van der Waals surface area contributed by atoms with Gasteiger partial charge in [-0.15, -0.1) is 0 Å². The third-order valence-electron chi connectivity index (χ3n) is 3.18. The zero-order chi connectivity index (χ0) is 17.2. The van der Waals surface area contributed by atoms with Gasteiger partial charge in [0.1, 0.15) is 12.4 Å². The Morgan fingerprint density at radius 1 is 1.21 bits per heavy atom. The van der Waals surface area contributed by atoms with E-state index in [9.17, 15) is 8.78 Å². The van der Waals surface area contributed by atoms with Crippen LogP contribution in [0.2, 0.25) is 0 Å². The maximum atomic E-state index is 13.4. The minimum Gasteiger partial charge on any atom is -0.489 e. The van der Waals surface area contributed by atoms with Gasteiger partial charge >= 0.3 is 0 Å². The van der Waals surface area contributed by atoms with Gasteiger partial charge in [-0.2, -0.15) is 0 Å². The Kier molecular flexibility index (Phi) is 7.07. The molecule has 2 N–H and O–H groups in total. The second-order valence-electron chi connectivity index (χ2n) is 5.03. The molecule has 0 atom stereocenters. The van der Waals surface area contributed by atoms with Gasteiger partial charge in [0.05, 0.1) is 13.1 Å². The van der Waals surface area contributed by atoms with E-state index in [4.69, 9.17) is 4.74 Å². The summed E-state index contributed by atoms with van der Waals surface area (Å²) in [4.78, 5) is 4.46. The second-order valence-corrected chi connectivity index (χ2v) is 5.03. The summed E-state index contributed by atoms with van der Waals surface area (Å²) in [6, 6.07) is 7.19. The lowest BCUT2D eigenvalue weighted by molar-refractivity contribution is 0.304. The van der Waals surface area contributed by atoms with Crippen LogP contribution in [0.15, 0.2) is 47.7 Å². The van der Waals surface area contributed by atoms with Gasteiger partial charge < -0.3 is 19.9 Å². The molecule has 0 radical (unpaired) electrons. The zero-order valence-corrected chi connectivity index (χ0v) is 13.6. The Labute approximate surface area is 140 Å². The van der Waals surface area contributed by atoms with Crippen molar-refractivity contribution in [2.75, 3.05) is 26.2 Å². The number of halogens is 2. The maximum absolute atomic E-state index is 13.4. The van der Waals surface area contributed by atoms with Crippen molar-refractivity contribution in [1.29, 1.82) is 0 Å².